The predicted molar refractivity (Wildman–Crippen MR) is 69.0 cm³/mol. The molecule has 1 fully saturated rings. The number of hydrogen-bond donors (Lipinski definition) is 0. The highest BCUT2D eigenvalue weighted by molar-refractivity contribution is 7.89. The molecule has 2 rings (SSSR count). The molecule has 0 saturated carbocycles. The summed E-state index contributed by atoms with van der Waals surface area (Å²) in [6, 6.07) is 6.35. The van der Waals surface area contributed by atoms with E-state index in [0.29, 0.717) is 0 Å². The Morgan fingerprint density at radius 3 is 2.61 bits per heavy atom. The van der Waals surface area contributed by atoms with E-state index in [-0.39, 0.29) is 41.1 Å². The van der Waals surface area contributed by atoms with Crippen molar-refractivity contribution in [1.82, 2.24) is 4.31 Å². The molecule has 98 valence electrons. The molecule has 1 aliphatic rings. The van der Waals surface area contributed by atoms with Crippen molar-refractivity contribution in [2.24, 2.45) is 5.92 Å². The summed E-state index contributed by atoms with van der Waals surface area (Å²) in [5, 5.41) is 0.210. The topological polar surface area (TPSA) is 54.5 Å². The third-order valence-corrected chi connectivity index (χ3v) is 5.45. The molecule has 1 saturated heterocycles. The summed E-state index contributed by atoms with van der Waals surface area (Å²) >= 11 is 5.92. The minimum atomic E-state index is -3.60. The van der Waals surface area contributed by atoms with E-state index in [2.05, 4.69) is 0 Å². The second-order valence-corrected chi connectivity index (χ2v) is 6.72. The van der Waals surface area contributed by atoms with E-state index in [1.165, 1.54) is 10.4 Å². The third kappa shape index (κ3) is 2.43. The quantitative estimate of drug-likeness (QED) is 0.835. The summed E-state index contributed by atoms with van der Waals surface area (Å²) in [5.74, 6) is -0.142. The second kappa shape index (κ2) is 4.99. The predicted octanol–water partition coefficient (Wildman–Crippen LogP) is 1.94. The lowest BCUT2D eigenvalue weighted by Gasteiger charge is -2.29. The molecule has 0 aliphatic carbocycles. The van der Waals surface area contributed by atoms with E-state index in [1.54, 1.807) is 25.1 Å². The van der Waals surface area contributed by atoms with Gasteiger partial charge in [0.05, 0.1) is 5.02 Å². The third-order valence-electron chi connectivity index (χ3n) is 3.09. The molecule has 0 aromatic heterocycles. The Hall–Kier alpha value is -0.910. The minimum absolute atomic E-state index is 0.105. The Balaban J connectivity index is 2.33. The zero-order valence-electron chi connectivity index (χ0n) is 9.97. The maximum absolute atomic E-state index is 12.4. The standard InChI is InChI=1S/C12H14ClNO3S/c1-9-8-14(7-6-11(9)15)18(16,17)12-5-3-2-4-10(12)13/h2-5,9H,6-8H2,1H3. The molecule has 1 heterocycles. The fraction of sp³-hybridized carbons (Fsp3) is 0.417. The summed E-state index contributed by atoms with van der Waals surface area (Å²) in [5.41, 5.74) is 0. The van der Waals surface area contributed by atoms with Crippen LogP contribution in [0.2, 0.25) is 5.02 Å². The van der Waals surface area contributed by atoms with Crippen LogP contribution in [0.25, 0.3) is 0 Å². The van der Waals surface area contributed by atoms with Gasteiger partial charge >= 0.3 is 0 Å². The fourth-order valence-corrected chi connectivity index (χ4v) is 4.01. The Bertz CT molecular complexity index is 570. The van der Waals surface area contributed by atoms with Crippen molar-refractivity contribution in [1.29, 1.82) is 0 Å². The number of rotatable bonds is 2. The molecule has 4 nitrogen and oxygen atoms in total. The van der Waals surface area contributed by atoms with Crippen molar-refractivity contribution in [2.75, 3.05) is 13.1 Å². The van der Waals surface area contributed by atoms with Crippen LogP contribution in [0.5, 0.6) is 0 Å². The number of carbonyl (C=O) groups is 1. The maximum atomic E-state index is 12.4. The van der Waals surface area contributed by atoms with Crippen molar-refractivity contribution in [3.8, 4) is 0 Å². The summed E-state index contributed by atoms with van der Waals surface area (Å²) in [4.78, 5) is 11.5. The summed E-state index contributed by atoms with van der Waals surface area (Å²) < 4.78 is 26.1. The van der Waals surface area contributed by atoms with Crippen molar-refractivity contribution < 1.29 is 13.2 Å². The van der Waals surface area contributed by atoms with E-state index in [9.17, 15) is 13.2 Å². The van der Waals surface area contributed by atoms with Gasteiger partial charge in [-0.3, -0.25) is 4.79 Å². The zero-order chi connectivity index (χ0) is 13.3. The van der Waals surface area contributed by atoms with Crippen LogP contribution in [-0.4, -0.2) is 31.6 Å². The molecule has 1 unspecified atom stereocenters. The van der Waals surface area contributed by atoms with Gasteiger partial charge in [-0.1, -0.05) is 30.7 Å². The van der Waals surface area contributed by atoms with Crippen molar-refractivity contribution >= 4 is 27.4 Å². The number of nitrogens with zero attached hydrogens (tertiary/aromatic N) is 1. The van der Waals surface area contributed by atoms with E-state index >= 15 is 0 Å². The molecule has 1 aromatic carbocycles. The van der Waals surface area contributed by atoms with Gasteiger partial charge in [-0.2, -0.15) is 4.31 Å². The zero-order valence-corrected chi connectivity index (χ0v) is 11.5. The molecular formula is C12H14ClNO3S. The molecule has 1 atom stereocenters. The van der Waals surface area contributed by atoms with Crippen LogP contribution < -0.4 is 0 Å². The van der Waals surface area contributed by atoms with Crippen molar-refractivity contribution in [3.05, 3.63) is 29.3 Å². The lowest BCUT2D eigenvalue weighted by Crippen LogP contribution is -2.43. The molecule has 0 spiro atoms. The highest BCUT2D eigenvalue weighted by Crippen LogP contribution is 2.26. The Morgan fingerprint density at radius 2 is 2.00 bits per heavy atom. The van der Waals surface area contributed by atoms with Crippen molar-refractivity contribution in [2.45, 2.75) is 18.2 Å². The van der Waals surface area contributed by atoms with Crippen LogP contribution in [0.1, 0.15) is 13.3 Å². The number of hydrogen-bond acceptors (Lipinski definition) is 3. The van der Waals surface area contributed by atoms with Crippen LogP contribution in [0.15, 0.2) is 29.2 Å². The Morgan fingerprint density at radius 1 is 1.33 bits per heavy atom. The van der Waals surface area contributed by atoms with Crippen LogP contribution in [0, 0.1) is 5.92 Å². The highest BCUT2D eigenvalue weighted by atomic mass is 35.5. The lowest BCUT2D eigenvalue weighted by molar-refractivity contribution is -0.124. The average molecular weight is 288 g/mol. The number of Topliss-reactive ketones (excluding diaryl/α,β-unsaturated/α-hetero) is 1. The number of halogens is 1. The number of piperidine rings is 1. The minimum Gasteiger partial charge on any atom is -0.299 e. The first-order valence-electron chi connectivity index (χ1n) is 5.70. The van der Waals surface area contributed by atoms with Gasteiger partial charge in [0.2, 0.25) is 10.0 Å². The summed E-state index contributed by atoms with van der Waals surface area (Å²) in [6.45, 7) is 2.21. The summed E-state index contributed by atoms with van der Waals surface area (Å²) in [7, 11) is -3.60. The molecular weight excluding hydrogens is 274 g/mol. The van der Waals surface area contributed by atoms with Crippen LogP contribution in [0.3, 0.4) is 0 Å². The molecule has 0 bridgehead atoms. The van der Waals surface area contributed by atoms with Gasteiger partial charge in [0.25, 0.3) is 0 Å². The van der Waals surface area contributed by atoms with Gasteiger partial charge in [0.1, 0.15) is 10.7 Å². The van der Waals surface area contributed by atoms with Crippen LogP contribution in [-0.2, 0) is 14.8 Å². The molecule has 0 N–H and O–H groups in total. The van der Waals surface area contributed by atoms with E-state index in [4.69, 9.17) is 11.6 Å². The van der Waals surface area contributed by atoms with E-state index in [1.807, 2.05) is 0 Å². The molecule has 6 heteroatoms. The van der Waals surface area contributed by atoms with E-state index < -0.39 is 10.0 Å². The Labute approximate surface area is 112 Å². The lowest BCUT2D eigenvalue weighted by atomic mass is 10.0. The van der Waals surface area contributed by atoms with Crippen molar-refractivity contribution in [3.63, 3.8) is 0 Å². The molecule has 1 aliphatic heterocycles. The van der Waals surface area contributed by atoms with Crippen LogP contribution >= 0.6 is 11.6 Å². The van der Waals surface area contributed by atoms with E-state index in [0.717, 1.165) is 0 Å². The second-order valence-electron chi connectivity index (χ2n) is 4.41. The van der Waals surface area contributed by atoms with Crippen LogP contribution in [0.4, 0.5) is 0 Å². The first-order valence-corrected chi connectivity index (χ1v) is 7.52. The number of sulfonamides is 1. The van der Waals surface area contributed by atoms with Gasteiger partial charge in [-0.15, -0.1) is 0 Å². The molecule has 1 aromatic rings. The number of benzene rings is 1. The normalized spacial score (nSPS) is 22.1. The molecule has 0 radical (unpaired) electrons. The van der Waals surface area contributed by atoms with Gasteiger partial charge < -0.3 is 0 Å². The fourth-order valence-electron chi connectivity index (χ4n) is 1.99. The smallest absolute Gasteiger partial charge is 0.244 e. The first kappa shape index (κ1) is 13.5. The number of ketones is 1. The largest absolute Gasteiger partial charge is 0.299 e. The summed E-state index contributed by atoms with van der Waals surface area (Å²) in [6.07, 6.45) is 0.269. The average Bonchev–Trinajstić information content (AvgIpc) is 2.33. The maximum Gasteiger partial charge on any atom is 0.244 e. The van der Waals surface area contributed by atoms with Gasteiger partial charge in [-0.25, -0.2) is 8.42 Å². The SMILES string of the molecule is CC1CN(S(=O)(=O)c2ccccc2Cl)CCC1=O. The van der Waals surface area contributed by atoms with Gasteiger partial charge in [-0.05, 0) is 12.1 Å². The van der Waals surface area contributed by atoms with Gasteiger partial charge in [0.15, 0.2) is 0 Å². The first-order chi connectivity index (χ1) is 8.43. The molecule has 0 amide bonds. The molecule has 18 heavy (non-hydrogen) atoms. The monoisotopic (exact) mass is 287 g/mol. The van der Waals surface area contributed by atoms with Gasteiger partial charge in [0, 0.05) is 25.4 Å². The highest BCUT2D eigenvalue weighted by Gasteiger charge is 2.33. The Kier molecular flexibility index (Phi) is 3.75. The number of carbonyl (C=O) groups excluding carboxylic acids is 1.